The van der Waals surface area contributed by atoms with Gasteiger partial charge in [-0.1, -0.05) is 26.0 Å². The van der Waals surface area contributed by atoms with E-state index in [1.54, 1.807) is 0 Å². The fourth-order valence-corrected chi connectivity index (χ4v) is 2.35. The summed E-state index contributed by atoms with van der Waals surface area (Å²) in [5.74, 6) is 0.0905. The van der Waals surface area contributed by atoms with Crippen LogP contribution in [0.3, 0.4) is 0 Å². The highest BCUT2D eigenvalue weighted by molar-refractivity contribution is 5.83. The van der Waals surface area contributed by atoms with Gasteiger partial charge >= 0.3 is 0 Å². The van der Waals surface area contributed by atoms with E-state index in [-0.39, 0.29) is 11.9 Å². The summed E-state index contributed by atoms with van der Waals surface area (Å²) in [7, 11) is 0. The van der Waals surface area contributed by atoms with Gasteiger partial charge in [0.1, 0.15) is 6.54 Å². The molecule has 0 atom stereocenters. The van der Waals surface area contributed by atoms with Crippen molar-refractivity contribution in [3.63, 3.8) is 0 Å². The van der Waals surface area contributed by atoms with Crippen molar-refractivity contribution in [3.05, 3.63) is 36.0 Å². The van der Waals surface area contributed by atoms with Crippen molar-refractivity contribution in [2.45, 2.75) is 46.2 Å². The fraction of sp³-hybridized carbons (Fsp3) is 0.438. The lowest BCUT2D eigenvalue weighted by Gasteiger charge is -2.15. The van der Waals surface area contributed by atoms with E-state index in [0.29, 0.717) is 6.54 Å². The number of hydrogen-bond acceptors (Lipinski definition) is 1. The topological polar surface area (TPSA) is 34.0 Å². The number of nitrogens with one attached hydrogen (secondary N) is 1. The molecule has 0 aliphatic heterocycles. The third-order valence-corrected chi connectivity index (χ3v) is 3.59. The number of nitrogens with zero attached hydrogens (tertiary/aromatic N) is 1. The Hall–Kier alpha value is -1.77. The first kappa shape index (κ1) is 13.7. The first-order valence-electron chi connectivity index (χ1n) is 6.99. The van der Waals surface area contributed by atoms with Gasteiger partial charge in [-0.3, -0.25) is 4.79 Å². The van der Waals surface area contributed by atoms with E-state index in [0.717, 1.165) is 18.4 Å². The summed E-state index contributed by atoms with van der Waals surface area (Å²) in [6, 6.07) is 8.66. The molecule has 3 nitrogen and oxygen atoms in total. The summed E-state index contributed by atoms with van der Waals surface area (Å²) in [5.41, 5.74) is 2.34. The van der Waals surface area contributed by atoms with Crippen LogP contribution in [0.15, 0.2) is 30.5 Å². The Bertz CT molecular complexity index is 567. The van der Waals surface area contributed by atoms with Crippen LogP contribution in [0.1, 0.15) is 32.3 Å². The molecule has 0 aliphatic carbocycles. The molecule has 19 heavy (non-hydrogen) atoms. The van der Waals surface area contributed by atoms with Crippen LogP contribution in [-0.4, -0.2) is 16.5 Å². The average Bonchev–Trinajstić information content (AvgIpc) is 2.78. The minimum atomic E-state index is 0.0905. The summed E-state index contributed by atoms with van der Waals surface area (Å²) < 4.78 is 2.01. The zero-order valence-electron chi connectivity index (χ0n) is 11.9. The molecule has 0 spiro atoms. The van der Waals surface area contributed by atoms with Gasteiger partial charge in [-0.2, -0.15) is 0 Å². The Balaban J connectivity index is 2.13. The standard InChI is InChI=1S/C16H22N2O/c1-4-14(5-2)17-16(19)11-18-9-8-13-7-6-12(3)10-15(13)18/h6-10,14H,4-5,11H2,1-3H3,(H,17,19). The van der Waals surface area contributed by atoms with Gasteiger partial charge < -0.3 is 9.88 Å². The van der Waals surface area contributed by atoms with Crippen LogP contribution in [0, 0.1) is 6.92 Å². The molecule has 0 fully saturated rings. The zero-order valence-corrected chi connectivity index (χ0v) is 11.9. The molecule has 0 bridgehead atoms. The Labute approximate surface area is 114 Å². The third kappa shape index (κ3) is 3.16. The maximum Gasteiger partial charge on any atom is 0.240 e. The maximum absolute atomic E-state index is 12.0. The predicted molar refractivity (Wildman–Crippen MR) is 79.2 cm³/mol. The number of carbonyl (C=O) groups is 1. The molecule has 0 saturated carbocycles. The molecule has 1 heterocycles. The molecule has 1 aromatic heterocycles. The lowest BCUT2D eigenvalue weighted by atomic mass is 10.2. The van der Waals surface area contributed by atoms with Crippen LogP contribution in [0.4, 0.5) is 0 Å². The minimum absolute atomic E-state index is 0.0905. The molecule has 0 unspecified atom stereocenters. The van der Waals surface area contributed by atoms with Gasteiger partial charge in [-0.05, 0) is 42.8 Å². The molecular weight excluding hydrogens is 236 g/mol. The molecule has 1 amide bonds. The fourth-order valence-electron chi connectivity index (χ4n) is 2.35. The van der Waals surface area contributed by atoms with E-state index >= 15 is 0 Å². The second-order valence-electron chi connectivity index (χ2n) is 5.09. The van der Waals surface area contributed by atoms with Crippen LogP contribution in [0.25, 0.3) is 10.9 Å². The van der Waals surface area contributed by atoms with E-state index in [1.807, 2.05) is 10.8 Å². The quantitative estimate of drug-likeness (QED) is 0.877. The highest BCUT2D eigenvalue weighted by Crippen LogP contribution is 2.17. The van der Waals surface area contributed by atoms with Gasteiger partial charge in [0.15, 0.2) is 0 Å². The van der Waals surface area contributed by atoms with E-state index < -0.39 is 0 Å². The van der Waals surface area contributed by atoms with Crippen LogP contribution in [0.2, 0.25) is 0 Å². The Morgan fingerprint density at radius 2 is 2.00 bits per heavy atom. The van der Waals surface area contributed by atoms with Gasteiger partial charge in [0.2, 0.25) is 5.91 Å². The first-order valence-corrected chi connectivity index (χ1v) is 6.99. The highest BCUT2D eigenvalue weighted by atomic mass is 16.2. The molecule has 1 aromatic carbocycles. The van der Waals surface area contributed by atoms with Crippen molar-refractivity contribution in [3.8, 4) is 0 Å². The van der Waals surface area contributed by atoms with Crippen molar-refractivity contribution in [1.29, 1.82) is 0 Å². The number of hydrogen-bond donors (Lipinski definition) is 1. The summed E-state index contributed by atoms with van der Waals surface area (Å²) in [6.45, 7) is 6.66. The lowest BCUT2D eigenvalue weighted by molar-refractivity contribution is -0.122. The summed E-state index contributed by atoms with van der Waals surface area (Å²) in [6.07, 6.45) is 3.94. The number of aromatic nitrogens is 1. The molecule has 102 valence electrons. The monoisotopic (exact) mass is 258 g/mol. The number of amides is 1. The number of aryl methyl sites for hydroxylation is 1. The van der Waals surface area contributed by atoms with Gasteiger partial charge in [0.05, 0.1) is 0 Å². The van der Waals surface area contributed by atoms with E-state index in [1.165, 1.54) is 10.9 Å². The van der Waals surface area contributed by atoms with Crippen molar-refractivity contribution < 1.29 is 4.79 Å². The average molecular weight is 258 g/mol. The summed E-state index contributed by atoms with van der Waals surface area (Å²) in [4.78, 5) is 12.0. The minimum Gasteiger partial charge on any atom is -0.352 e. The van der Waals surface area contributed by atoms with Crippen molar-refractivity contribution in [1.82, 2.24) is 9.88 Å². The number of benzene rings is 1. The molecule has 3 heteroatoms. The van der Waals surface area contributed by atoms with Crippen LogP contribution in [0.5, 0.6) is 0 Å². The van der Waals surface area contributed by atoms with E-state index in [9.17, 15) is 4.79 Å². The SMILES string of the molecule is CCC(CC)NC(=O)Cn1ccc2ccc(C)cc21. The summed E-state index contributed by atoms with van der Waals surface area (Å²) in [5, 5.41) is 4.26. The molecule has 0 aliphatic rings. The van der Waals surface area contributed by atoms with Gasteiger partial charge in [0, 0.05) is 17.8 Å². The van der Waals surface area contributed by atoms with Crippen LogP contribution in [-0.2, 0) is 11.3 Å². The van der Waals surface area contributed by atoms with Crippen molar-refractivity contribution in [2.75, 3.05) is 0 Å². The van der Waals surface area contributed by atoms with Crippen LogP contribution < -0.4 is 5.32 Å². The van der Waals surface area contributed by atoms with E-state index in [2.05, 4.69) is 50.4 Å². The molecule has 2 rings (SSSR count). The molecule has 1 N–H and O–H groups in total. The Kier molecular flexibility index (Phi) is 4.25. The number of rotatable bonds is 5. The number of fused-ring (bicyclic) bond motifs is 1. The van der Waals surface area contributed by atoms with Gasteiger partial charge in [0.25, 0.3) is 0 Å². The van der Waals surface area contributed by atoms with Gasteiger partial charge in [-0.15, -0.1) is 0 Å². The number of carbonyl (C=O) groups excluding carboxylic acids is 1. The normalized spacial score (nSPS) is 11.2. The highest BCUT2D eigenvalue weighted by Gasteiger charge is 2.10. The Morgan fingerprint density at radius 1 is 1.26 bits per heavy atom. The Morgan fingerprint density at radius 3 is 2.68 bits per heavy atom. The molecule has 2 aromatic rings. The third-order valence-electron chi connectivity index (χ3n) is 3.59. The molecule has 0 radical (unpaired) electrons. The largest absolute Gasteiger partial charge is 0.352 e. The first-order chi connectivity index (χ1) is 9.13. The lowest BCUT2D eigenvalue weighted by Crippen LogP contribution is -2.36. The molecular formula is C16H22N2O. The smallest absolute Gasteiger partial charge is 0.240 e. The van der Waals surface area contributed by atoms with E-state index in [4.69, 9.17) is 0 Å². The van der Waals surface area contributed by atoms with Crippen LogP contribution >= 0.6 is 0 Å². The molecule has 0 saturated heterocycles. The summed E-state index contributed by atoms with van der Waals surface area (Å²) >= 11 is 0. The van der Waals surface area contributed by atoms with Gasteiger partial charge in [-0.25, -0.2) is 0 Å². The maximum atomic E-state index is 12.0. The van der Waals surface area contributed by atoms with Crippen molar-refractivity contribution >= 4 is 16.8 Å². The zero-order chi connectivity index (χ0) is 13.8. The second-order valence-corrected chi connectivity index (χ2v) is 5.09. The van der Waals surface area contributed by atoms with Crippen molar-refractivity contribution in [2.24, 2.45) is 0 Å². The predicted octanol–water partition coefficient (Wildman–Crippen LogP) is 3.25. The second kappa shape index (κ2) is 5.91.